The summed E-state index contributed by atoms with van der Waals surface area (Å²) in [5, 5.41) is 17.6. The number of carbonyl (C=O) groups is 2. The SMILES string of the molecule is COCOc1c(OC)c(C)cc2c1[C@H]1[C@@H]3Cc4c(O)c(C)c5c(c4[C@H](CNC(=O)[C@H](C)NC(=O)OC(C)(C)C)N3[C@@H](C)[C@@H]3C[C@@]2(C)N31)OCO5. The Bertz CT molecular complexity index is 1740. The quantitative estimate of drug-likeness (QED) is 0.337. The Hall–Kier alpha value is -3.94. The highest BCUT2D eigenvalue weighted by Crippen LogP contribution is 2.67. The molecular weight excluding hydrogens is 644 g/mol. The molecule has 5 aliphatic rings. The Morgan fingerprint density at radius 3 is 2.52 bits per heavy atom. The molecule has 0 spiro atoms. The molecule has 3 N–H and O–H groups in total. The summed E-state index contributed by atoms with van der Waals surface area (Å²) in [7, 11) is 3.27. The molecule has 2 saturated heterocycles. The average molecular weight is 695 g/mol. The van der Waals surface area contributed by atoms with E-state index < -0.39 is 17.7 Å². The lowest BCUT2D eigenvalue weighted by Crippen LogP contribution is -2.74. The fourth-order valence-electron chi connectivity index (χ4n) is 9.36. The van der Waals surface area contributed by atoms with Crippen LogP contribution in [0.1, 0.15) is 93.4 Å². The molecule has 50 heavy (non-hydrogen) atoms. The van der Waals surface area contributed by atoms with Crippen LogP contribution in [0.15, 0.2) is 6.07 Å². The Labute approximate surface area is 293 Å². The number of ether oxygens (including phenoxy) is 6. The van der Waals surface area contributed by atoms with Crippen molar-refractivity contribution in [1.82, 2.24) is 20.4 Å². The van der Waals surface area contributed by atoms with Gasteiger partial charge in [0.15, 0.2) is 29.8 Å². The van der Waals surface area contributed by atoms with Crippen LogP contribution in [0.4, 0.5) is 4.79 Å². The van der Waals surface area contributed by atoms with Crippen molar-refractivity contribution < 1.29 is 43.1 Å². The molecule has 2 aromatic rings. The molecule has 13 heteroatoms. The molecule has 7 atom stereocenters. The van der Waals surface area contributed by atoms with Crippen LogP contribution in [0.2, 0.25) is 0 Å². The molecule has 0 aliphatic carbocycles. The maximum Gasteiger partial charge on any atom is 0.408 e. The summed E-state index contributed by atoms with van der Waals surface area (Å²) >= 11 is 0. The van der Waals surface area contributed by atoms with E-state index in [2.05, 4.69) is 40.3 Å². The Morgan fingerprint density at radius 1 is 1.12 bits per heavy atom. The first-order chi connectivity index (χ1) is 23.6. The third-order valence-electron chi connectivity index (χ3n) is 11.3. The number of carbonyl (C=O) groups excluding carboxylic acids is 2. The van der Waals surface area contributed by atoms with E-state index in [1.165, 1.54) is 5.56 Å². The smallest absolute Gasteiger partial charge is 0.408 e. The number of benzene rings is 2. The molecule has 5 aliphatic heterocycles. The summed E-state index contributed by atoms with van der Waals surface area (Å²) in [6.07, 6.45) is 0.811. The van der Waals surface area contributed by atoms with Crippen LogP contribution in [0, 0.1) is 13.8 Å². The van der Waals surface area contributed by atoms with Gasteiger partial charge in [0, 0.05) is 59.6 Å². The Morgan fingerprint density at radius 2 is 1.84 bits per heavy atom. The van der Waals surface area contributed by atoms with Crippen LogP contribution in [0.25, 0.3) is 0 Å². The number of methoxy groups -OCH3 is 2. The highest BCUT2D eigenvalue weighted by atomic mass is 16.7. The minimum atomic E-state index is -0.847. The van der Waals surface area contributed by atoms with Gasteiger partial charge in [0.1, 0.15) is 17.4 Å². The van der Waals surface area contributed by atoms with E-state index in [1.54, 1.807) is 41.9 Å². The largest absolute Gasteiger partial charge is 0.507 e. The van der Waals surface area contributed by atoms with Crippen molar-refractivity contribution in [1.29, 1.82) is 0 Å². The minimum absolute atomic E-state index is 0.0467. The molecule has 272 valence electrons. The Kier molecular flexibility index (Phi) is 8.34. The number of nitrogens with zero attached hydrogens (tertiary/aromatic N) is 2. The third-order valence-corrected chi connectivity index (χ3v) is 11.3. The van der Waals surface area contributed by atoms with E-state index in [-0.39, 0.29) is 67.5 Å². The number of aryl methyl sites for hydroxylation is 1. The maximum atomic E-state index is 13.5. The first-order valence-corrected chi connectivity index (χ1v) is 17.4. The standard InChI is InChI=1S/C37H50N4O9/c1-17-11-22-27(33(30(17)46-10)47-15-45-9)28-23-12-21-26(32-31(48-16-49-32)18(2)29(21)42)25(40(23)20(4)24-13-37(22,8)41(24)28)14-38-34(43)19(3)39-35(44)50-36(5,6)7/h11,19-20,23-25,28,42H,12-16H2,1-10H3,(H,38,43)(H,39,44)/t19-,20-,23-,24-,25-,28+,37+/m0/s1. The number of alkyl carbamates (subject to hydrolysis) is 1. The molecule has 5 heterocycles. The highest BCUT2D eigenvalue weighted by molar-refractivity contribution is 5.85. The second-order valence-corrected chi connectivity index (χ2v) is 15.5. The van der Waals surface area contributed by atoms with Crippen LogP contribution in [0.5, 0.6) is 28.7 Å². The molecule has 13 nitrogen and oxygen atoms in total. The summed E-state index contributed by atoms with van der Waals surface area (Å²) in [6, 6.07) is 1.09. The van der Waals surface area contributed by atoms with Gasteiger partial charge in [-0.3, -0.25) is 14.6 Å². The van der Waals surface area contributed by atoms with Crippen LogP contribution in [0.3, 0.4) is 0 Å². The second-order valence-electron chi connectivity index (χ2n) is 15.5. The lowest BCUT2D eigenvalue weighted by molar-refractivity contribution is -0.187. The van der Waals surface area contributed by atoms with Crippen molar-refractivity contribution in [3.63, 3.8) is 0 Å². The number of hydrogen-bond acceptors (Lipinski definition) is 11. The number of phenolic OH excluding ortho intramolecular Hbond substituents is 1. The number of rotatable bonds is 8. The number of fused-ring (bicyclic) bond motifs is 8. The average Bonchev–Trinajstić information content (AvgIpc) is 3.60. The predicted molar refractivity (Wildman–Crippen MR) is 183 cm³/mol. The van der Waals surface area contributed by atoms with Crippen LogP contribution in [-0.2, 0) is 26.2 Å². The Balaban J connectivity index is 1.32. The van der Waals surface area contributed by atoms with E-state index in [0.29, 0.717) is 35.0 Å². The summed E-state index contributed by atoms with van der Waals surface area (Å²) in [4.78, 5) is 31.2. The fraction of sp³-hybridized carbons (Fsp3) is 0.622. The molecular formula is C37H50N4O9. The lowest BCUT2D eigenvalue weighted by Gasteiger charge is -2.66. The molecule has 0 bridgehead atoms. The lowest BCUT2D eigenvalue weighted by atomic mass is 9.70. The summed E-state index contributed by atoms with van der Waals surface area (Å²) in [6.45, 7) is 15.7. The zero-order valence-corrected chi connectivity index (χ0v) is 30.7. The zero-order valence-electron chi connectivity index (χ0n) is 30.7. The van der Waals surface area contributed by atoms with Crippen molar-refractivity contribution in [3.05, 3.63) is 39.4 Å². The fourth-order valence-corrected chi connectivity index (χ4v) is 9.36. The number of hydrogen-bond donors (Lipinski definition) is 3. The molecule has 0 unspecified atom stereocenters. The third kappa shape index (κ3) is 5.06. The zero-order chi connectivity index (χ0) is 36.0. The second kappa shape index (κ2) is 12.1. The predicted octanol–water partition coefficient (Wildman–Crippen LogP) is 4.47. The first kappa shape index (κ1) is 34.5. The van der Waals surface area contributed by atoms with Gasteiger partial charge in [-0.2, -0.15) is 0 Å². The van der Waals surface area contributed by atoms with E-state index in [0.717, 1.165) is 28.7 Å². The van der Waals surface area contributed by atoms with Gasteiger partial charge in [-0.05, 0) is 85.4 Å². The minimum Gasteiger partial charge on any atom is -0.507 e. The molecule has 2 amide bonds. The molecule has 7 rings (SSSR count). The molecule has 2 aromatic carbocycles. The monoisotopic (exact) mass is 694 g/mol. The summed E-state index contributed by atoms with van der Waals surface area (Å²) in [5.74, 6) is 2.32. The van der Waals surface area contributed by atoms with Gasteiger partial charge in [0.05, 0.1) is 19.2 Å². The van der Waals surface area contributed by atoms with Gasteiger partial charge in [-0.1, -0.05) is 0 Å². The topological polar surface area (TPSA) is 140 Å². The molecule has 0 aromatic heterocycles. The van der Waals surface area contributed by atoms with E-state index >= 15 is 0 Å². The van der Waals surface area contributed by atoms with E-state index in [9.17, 15) is 14.7 Å². The maximum absolute atomic E-state index is 13.5. The first-order valence-electron chi connectivity index (χ1n) is 17.4. The van der Waals surface area contributed by atoms with Crippen molar-refractivity contribution in [2.45, 2.75) is 116 Å². The van der Waals surface area contributed by atoms with Crippen LogP contribution >= 0.6 is 0 Å². The van der Waals surface area contributed by atoms with E-state index in [1.807, 2.05) is 13.8 Å². The van der Waals surface area contributed by atoms with Gasteiger partial charge < -0.3 is 44.2 Å². The van der Waals surface area contributed by atoms with Crippen molar-refractivity contribution in [2.75, 3.05) is 34.4 Å². The van der Waals surface area contributed by atoms with Gasteiger partial charge >= 0.3 is 6.09 Å². The number of aromatic hydroxyl groups is 1. The van der Waals surface area contributed by atoms with Gasteiger partial charge in [0.25, 0.3) is 0 Å². The van der Waals surface area contributed by atoms with Crippen molar-refractivity contribution in [3.8, 4) is 28.7 Å². The van der Waals surface area contributed by atoms with Gasteiger partial charge in [0.2, 0.25) is 12.7 Å². The number of amides is 2. The molecule has 2 fully saturated rings. The molecule has 0 saturated carbocycles. The van der Waals surface area contributed by atoms with Crippen molar-refractivity contribution in [2.24, 2.45) is 0 Å². The normalized spacial score (nSPS) is 28.0. The number of piperazine rings is 1. The van der Waals surface area contributed by atoms with Gasteiger partial charge in [-0.25, -0.2) is 4.79 Å². The van der Waals surface area contributed by atoms with E-state index in [4.69, 9.17) is 28.4 Å². The molecule has 0 radical (unpaired) electrons. The number of phenols is 1. The van der Waals surface area contributed by atoms with Crippen molar-refractivity contribution >= 4 is 12.0 Å². The summed E-state index contributed by atoms with van der Waals surface area (Å²) < 4.78 is 35.1. The summed E-state index contributed by atoms with van der Waals surface area (Å²) in [5.41, 5.74) is 4.64. The van der Waals surface area contributed by atoms with Gasteiger partial charge in [-0.15, -0.1) is 0 Å². The number of nitrogens with one attached hydrogen (secondary N) is 2. The highest BCUT2D eigenvalue weighted by Gasteiger charge is 2.68. The van der Waals surface area contributed by atoms with Crippen LogP contribution < -0.4 is 29.6 Å². The van der Waals surface area contributed by atoms with Crippen LogP contribution in [-0.4, -0.2) is 91.0 Å².